The standard InChI is InChI=1S/C8H11N3O2S/c1-9-8(13)10(2)11-4-3-6(14)5-7(11)12/h3-5,14H,1-2H3,(H,9,13). The first-order valence-electron chi connectivity index (χ1n) is 3.93. The number of hydrogen-bond acceptors (Lipinski definition) is 3. The van der Waals surface area contributed by atoms with E-state index in [-0.39, 0.29) is 11.6 Å². The third-order valence-electron chi connectivity index (χ3n) is 1.71. The lowest BCUT2D eigenvalue weighted by molar-refractivity contribution is 0.244. The van der Waals surface area contributed by atoms with E-state index in [0.29, 0.717) is 4.90 Å². The topological polar surface area (TPSA) is 54.3 Å². The van der Waals surface area contributed by atoms with Gasteiger partial charge < -0.3 is 5.32 Å². The Labute approximate surface area is 86.7 Å². The van der Waals surface area contributed by atoms with E-state index in [1.807, 2.05) is 0 Å². The molecule has 0 aliphatic rings. The van der Waals surface area contributed by atoms with Crippen LogP contribution < -0.4 is 15.9 Å². The van der Waals surface area contributed by atoms with Crippen molar-refractivity contribution in [3.05, 3.63) is 28.7 Å². The Balaban J connectivity index is 3.08. The first kappa shape index (κ1) is 10.6. The summed E-state index contributed by atoms with van der Waals surface area (Å²) in [6, 6.07) is 2.60. The van der Waals surface area contributed by atoms with Crippen molar-refractivity contribution in [2.75, 3.05) is 19.1 Å². The summed E-state index contributed by atoms with van der Waals surface area (Å²) in [7, 11) is 3.00. The van der Waals surface area contributed by atoms with Gasteiger partial charge in [-0.2, -0.15) is 0 Å². The molecule has 0 aliphatic heterocycles. The maximum absolute atomic E-state index is 11.4. The molecule has 6 heteroatoms. The Morgan fingerprint density at radius 2 is 2.29 bits per heavy atom. The molecule has 76 valence electrons. The minimum Gasteiger partial charge on any atom is -0.340 e. The molecule has 1 N–H and O–H groups in total. The summed E-state index contributed by atoms with van der Waals surface area (Å²) in [5.74, 6) is 0. The lowest BCUT2D eigenvalue weighted by Gasteiger charge is -2.18. The van der Waals surface area contributed by atoms with Crippen molar-refractivity contribution in [3.8, 4) is 0 Å². The number of aromatic nitrogens is 1. The van der Waals surface area contributed by atoms with Gasteiger partial charge in [-0.05, 0) is 6.07 Å². The van der Waals surface area contributed by atoms with Gasteiger partial charge in [-0.3, -0.25) is 4.79 Å². The second-order valence-electron chi connectivity index (χ2n) is 2.65. The molecule has 1 rings (SSSR count). The molecule has 0 aromatic carbocycles. The molecule has 0 spiro atoms. The number of carbonyl (C=O) groups is 1. The van der Waals surface area contributed by atoms with Crippen LogP contribution in [0.15, 0.2) is 28.0 Å². The summed E-state index contributed by atoms with van der Waals surface area (Å²) in [6.07, 6.45) is 1.49. The van der Waals surface area contributed by atoms with Gasteiger partial charge in [-0.1, -0.05) is 0 Å². The summed E-state index contributed by atoms with van der Waals surface area (Å²) < 4.78 is 1.19. The summed E-state index contributed by atoms with van der Waals surface area (Å²) in [5, 5.41) is 3.59. The highest BCUT2D eigenvalue weighted by atomic mass is 32.1. The monoisotopic (exact) mass is 213 g/mol. The quantitative estimate of drug-likeness (QED) is 0.647. The zero-order chi connectivity index (χ0) is 10.7. The molecule has 14 heavy (non-hydrogen) atoms. The summed E-state index contributed by atoms with van der Waals surface area (Å²) >= 11 is 4.01. The first-order valence-corrected chi connectivity index (χ1v) is 4.38. The van der Waals surface area contributed by atoms with Gasteiger partial charge in [0.15, 0.2) is 0 Å². The van der Waals surface area contributed by atoms with E-state index in [1.165, 1.54) is 36.0 Å². The average molecular weight is 213 g/mol. The Morgan fingerprint density at radius 1 is 1.64 bits per heavy atom. The number of urea groups is 1. The van der Waals surface area contributed by atoms with Crippen molar-refractivity contribution in [1.29, 1.82) is 0 Å². The molecule has 2 amide bonds. The zero-order valence-electron chi connectivity index (χ0n) is 7.89. The molecule has 0 aliphatic carbocycles. The van der Waals surface area contributed by atoms with Crippen molar-refractivity contribution in [3.63, 3.8) is 0 Å². The Morgan fingerprint density at radius 3 is 2.79 bits per heavy atom. The summed E-state index contributed by atoms with van der Waals surface area (Å²) in [6.45, 7) is 0. The predicted octanol–water partition coefficient (Wildman–Crippen LogP) is 0.0442. The summed E-state index contributed by atoms with van der Waals surface area (Å²) in [4.78, 5) is 23.1. The molecule has 0 atom stereocenters. The Bertz CT molecular complexity index is 402. The molecular weight excluding hydrogens is 202 g/mol. The number of carbonyl (C=O) groups excluding carboxylic acids is 1. The molecule has 0 saturated heterocycles. The van der Waals surface area contributed by atoms with Gasteiger partial charge in [0.1, 0.15) is 0 Å². The van der Waals surface area contributed by atoms with Gasteiger partial charge in [0.05, 0.1) is 0 Å². The normalized spacial score (nSPS) is 9.64. The van der Waals surface area contributed by atoms with Gasteiger partial charge in [-0.25, -0.2) is 14.5 Å². The van der Waals surface area contributed by atoms with E-state index in [9.17, 15) is 9.59 Å². The van der Waals surface area contributed by atoms with Crippen LogP contribution in [0.2, 0.25) is 0 Å². The molecule has 0 saturated carbocycles. The molecule has 1 aromatic heterocycles. The number of thiol groups is 1. The van der Waals surface area contributed by atoms with E-state index < -0.39 is 0 Å². The van der Waals surface area contributed by atoms with Crippen LogP contribution >= 0.6 is 12.6 Å². The van der Waals surface area contributed by atoms with Gasteiger partial charge in [0.2, 0.25) is 0 Å². The minimum atomic E-state index is -0.362. The largest absolute Gasteiger partial charge is 0.340 e. The minimum absolute atomic E-state index is 0.302. The molecule has 0 bridgehead atoms. The number of nitrogens with one attached hydrogen (secondary N) is 1. The molecule has 5 nitrogen and oxygen atoms in total. The number of nitrogens with zero attached hydrogens (tertiary/aromatic N) is 2. The van der Waals surface area contributed by atoms with E-state index in [1.54, 1.807) is 6.07 Å². The van der Waals surface area contributed by atoms with Crippen molar-refractivity contribution < 1.29 is 4.79 Å². The van der Waals surface area contributed by atoms with Crippen LogP contribution in [0, 0.1) is 0 Å². The molecule has 0 radical (unpaired) electrons. The maximum atomic E-state index is 11.4. The van der Waals surface area contributed by atoms with Crippen molar-refractivity contribution in [1.82, 2.24) is 9.99 Å². The van der Waals surface area contributed by atoms with Gasteiger partial charge >= 0.3 is 6.03 Å². The molecule has 0 fully saturated rings. The fraction of sp³-hybridized carbons (Fsp3) is 0.250. The maximum Gasteiger partial charge on any atom is 0.336 e. The van der Waals surface area contributed by atoms with Gasteiger partial charge in [0, 0.05) is 31.3 Å². The van der Waals surface area contributed by atoms with E-state index >= 15 is 0 Å². The van der Waals surface area contributed by atoms with E-state index in [2.05, 4.69) is 17.9 Å². The lowest BCUT2D eigenvalue weighted by Crippen LogP contribution is -2.47. The SMILES string of the molecule is CNC(=O)N(C)n1ccc(S)cc1=O. The van der Waals surface area contributed by atoms with E-state index in [4.69, 9.17) is 0 Å². The number of hydrogen-bond donors (Lipinski definition) is 2. The van der Waals surface area contributed by atoms with Crippen molar-refractivity contribution in [2.24, 2.45) is 0 Å². The first-order chi connectivity index (χ1) is 6.56. The number of pyridine rings is 1. The highest BCUT2D eigenvalue weighted by molar-refractivity contribution is 7.80. The number of amides is 2. The van der Waals surface area contributed by atoms with Crippen LogP contribution in [0.5, 0.6) is 0 Å². The van der Waals surface area contributed by atoms with Crippen LogP contribution in [0.4, 0.5) is 4.79 Å². The van der Waals surface area contributed by atoms with Crippen LogP contribution in [-0.2, 0) is 0 Å². The summed E-state index contributed by atoms with van der Waals surface area (Å²) in [5.41, 5.74) is -0.302. The van der Waals surface area contributed by atoms with Crippen molar-refractivity contribution >= 4 is 18.7 Å². The number of rotatable bonds is 1. The van der Waals surface area contributed by atoms with Gasteiger partial charge in [0.25, 0.3) is 5.56 Å². The highest BCUT2D eigenvalue weighted by Crippen LogP contribution is 1.99. The van der Waals surface area contributed by atoms with E-state index in [0.717, 1.165) is 0 Å². The Kier molecular flexibility index (Phi) is 3.19. The second kappa shape index (κ2) is 4.19. The highest BCUT2D eigenvalue weighted by Gasteiger charge is 2.08. The Hall–Kier alpha value is -1.43. The fourth-order valence-electron chi connectivity index (χ4n) is 0.969. The molecule has 0 unspecified atom stereocenters. The van der Waals surface area contributed by atoms with Crippen LogP contribution in [0.1, 0.15) is 0 Å². The molecule has 1 aromatic rings. The molecular formula is C8H11N3O2S. The fourth-order valence-corrected chi connectivity index (χ4v) is 1.15. The van der Waals surface area contributed by atoms with Crippen molar-refractivity contribution in [2.45, 2.75) is 4.90 Å². The van der Waals surface area contributed by atoms with Crippen LogP contribution in [0.25, 0.3) is 0 Å². The van der Waals surface area contributed by atoms with Gasteiger partial charge in [-0.15, -0.1) is 12.6 Å². The lowest BCUT2D eigenvalue weighted by atomic mass is 10.5. The van der Waals surface area contributed by atoms with Crippen LogP contribution in [-0.4, -0.2) is 24.8 Å². The third kappa shape index (κ3) is 2.08. The third-order valence-corrected chi connectivity index (χ3v) is 1.99. The zero-order valence-corrected chi connectivity index (χ0v) is 8.78. The second-order valence-corrected chi connectivity index (χ2v) is 3.16. The molecule has 1 heterocycles. The van der Waals surface area contributed by atoms with Crippen LogP contribution in [0.3, 0.4) is 0 Å². The predicted molar refractivity (Wildman–Crippen MR) is 56.6 cm³/mol. The smallest absolute Gasteiger partial charge is 0.336 e. The average Bonchev–Trinajstić information content (AvgIpc) is 2.15.